The number of hydrogen-bond acceptors (Lipinski definition) is 3. The molecule has 0 unspecified atom stereocenters. The fourth-order valence-corrected chi connectivity index (χ4v) is 3.19. The van der Waals surface area contributed by atoms with Crippen LogP contribution in [-0.2, 0) is 0 Å². The zero-order chi connectivity index (χ0) is 18.8. The monoisotopic (exact) mass is 359 g/mol. The fourth-order valence-electron chi connectivity index (χ4n) is 3.19. The van der Waals surface area contributed by atoms with E-state index in [0.717, 1.165) is 16.9 Å². The molecule has 27 heavy (non-hydrogen) atoms. The van der Waals surface area contributed by atoms with Crippen molar-refractivity contribution in [2.45, 2.75) is 12.8 Å². The number of hydrogen-bond donors (Lipinski definition) is 2. The minimum absolute atomic E-state index is 0.0101. The van der Waals surface area contributed by atoms with Crippen molar-refractivity contribution in [3.05, 3.63) is 100 Å². The fraction of sp³-hybridized carbons (Fsp3) is 0.0909. The number of aromatic amines is 1. The highest BCUT2D eigenvalue weighted by atomic mass is 19.1. The van der Waals surface area contributed by atoms with E-state index >= 15 is 0 Å². The van der Waals surface area contributed by atoms with Crippen molar-refractivity contribution >= 4 is 22.3 Å². The standard InChI is InChI=1S/C22H18FN3O/c1-14(21-25-19-13-7-11-17(23)20(19)22(27)26-21)16-10-5-6-12-18(16)24-15-8-3-2-4-9-15/h2-14,24H,1H3,(H,25,26,27)/t14-/m0/s1. The van der Waals surface area contributed by atoms with E-state index in [1.165, 1.54) is 6.07 Å². The van der Waals surface area contributed by atoms with Gasteiger partial charge in [0, 0.05) is 17.3 Å². The first-order valence-corrected chi connectivity index (χ1v) is 8.73. The normalized spacial score (nSPS) is 12.1. The van der Waals surface area contributed by atoms with E-state index in [2.05, 4.69) is 15.3 Å². The van der Waals surface area contributed by atoms with E-state index < -0.39 is 11.4 Å². The first kappa shape index (κ1) is 17.0. The lowest BCUT2D eigenvalue weighted by molar-refractivity contribution is 0.637. The number of halogens is 1. The lowest BCUT2D eigenvalue weighted by atomic mass is 9.98. The summed E-state index contributed by atoms with van der Waals surface area (Å²) in [5.74, 6) is -0.246. The number of aromatic nitrogens is 2. The highest BCUT2D eigenvalue weighted by Crippen LogP contribution is 2.30. The third-order valence-corrected chi connectivity index (χ3v) is 4.59. The Labute approximate surface area is 155 Å². The first-order chi connectivity index (χ1) is 13.1. The van der Waals surface area contributed by atoms with Gasteiger partial charge in [-0.05, 0) is 35.9 Å². The Morgan fingerprint density at radius 1 is 0.963 bits per heavy atom. The van der Waals surface area contributed by atoms with E-state index in [9.17, 15) is 9.18 Å². The molecule has 0 fully saturated rings. The second kappa shape index (κ2) is 7.03. The van der Waals surface area contributed by atoms with Crippen LogP contribution < -0.4 is 10.9 Å². The summed E-state index contributed by atoms with van der Waals surface area (Å²) < 4.78 is 13.9. The Balaban J connectivity index is 1.77. The molecule has 1 atom stereocenters. The molecule has 134 valence electrons. The van der Waals surface area contributed by atoms with Gasteiger partial charge in [0.15, 0.2) is 0 Å². The Hall–Kier alpha value is -3.47. The maximum Gasteiger partial charge on any atom is 0.261 e. The highest BCUT2D eigenvalue weighted by molar-refractivity contribution is 5.78. The molecule has 0 aliphatic carbocycles. The summed E-state index contributed by atoms with van der Waals surface area (Å²) >= 11 is 0. The topological polar surface area (TPSA) is 57.8 Å². The summed E-state index contributed by atoms with van der Waals surface area (Å²) in [5, 5.41) is 3.39. The van der Waals surface area contributed by atoms with Gasteiger partial charge in [-0.1, -0.05) is 49.4 Å². The van der Waals surface area contributed by atoms with Gasteiger partial charge in [0.05, 0.1) is 5.52 Å². The predicted octanol–water partition coefficient (Wildman–Crippen LogP) is 4.96. The van der Waals surface area contributed by atoms with Crippen LogP contribution in [-0.4, -0.2) is 9.97 Å². The van der Waals surface area contributed by atoms with Crippen molar-refractivity contribution in [3.8, 4) is 0 Å². The summed E-state index contributed by atoms with van der Waals surface area (Å²) in [7, 11) is 0. The minimum Gasteiger partial charge on any atom is -0.355 e. The van der Waals surface area contributed by atoms with Crippen molar-refractivity contribution < 1.29 is 4.39 Å². The van der Waals surface area contributed by atoms with Gasteiger partial charge in [-0.15, -0.1) is 0 Å². The molecule has 3 aromatic carbocycles. The SMILES string of the molecule is C[C@H](c1nc2cccc(F)c2c(=O)[nH]1)c1ccccc1Nc1ccccc1. The van der Waals surface area contributed by atoms with Crippen LogP contribution in [0.25, 0.3) is 10.9 Å². The average molecular weight is 359 g/mol. The van der Waals surface area contributed by atoms with Crippen molar-refractivity contribution in [1.82, 2.24) is 9.97 Å². The second-order valence-corrected chi connectivity index (χ2v) is 6.39. The van der Waals surface area contributed by atoms with Gasteiger partial charge in [-0.3, -0.25) is 4.79 Å². The Morgan fingerprint density at radius 3 is 2.52 bits per heavy atom. The van der Waals surface area contributed by atoms with Crippen LogP contribution in [0.1, 0.15) is 24.2 Å². The molecule has 0 spiro atoms. The van der Waals surface area contributed by atoms with Gasteiger partial charge in [0.2, 0.25) is 0 Å². The van der Waals surface area contributed by atoms with Gasteiger partial charge in [0.25, 0.3) is 5.56 Å². The molecule has 4 rings (SSSR count). The number of benzene rings is 3. The zero-order valence-electron chi connectivity index (χ0n) is 14.7. The lowest BCUT2D eigenvalue weighted by Crippen LogP contribution is -2.16. The summed E-state index contributed by atoms with van der Waals surface area (Å²) in [5.41, 5.74) is 2.78. The molecule has 2 N–H and O–H groups in total. The minimum atomic E-state index is -0.563. The summed E-state index contributed by atoms with van der Waals surface area (Å²) in [4.78, 5) is 19.6. The quantitative estimate of drug-likeness (QED) is 0.542. The van der Waals surface area contributed by atoms with Crippen molar-refractivity contribution in [2.24, 2.45) is 0 Å². The van der Waals surface area contributed by atoms with Gasteiger partial charge in [-0.2, -0.15) is 0 Å². The van der Waals surface area contributed by atoms with Gasteiger partial charge in [-0.25, -0.2) is 9.37 Å². The molecule has 1 aromatic heterocycles. The largest absolute Gasteiger partial charge is 0.355 e. The van der Waals surface area contributed by atoms with E-state index in [4.69, 9.17) is 0 Å². The molecule has 0 saturated heterocycles. The molecule has 0 aliphatic rings. The van der Waals surface area contributed by atoms with Crippen LogP contribution >= 0.6 is 0 Å². The number of anilines is 2. The van der Waals surface area contributed by atoms with E-state index in [0.29, 0.717) is 11.3 Å². The van der Waals surface area contributed by atoms with Crippen molar-refractivity contribution in [1.29, 1.82) is 0 Å². The third-order valence-electron chi connectivity index (χ3n) is 4.59. The average Bonchev–Trinajstić information content (AvgIpc) is 2.68. The maximum absolute atomic E-state index is 13.9. The number of nitrogens with zero attached hydrogens (tertiary/aromatic N) is 1. The molecule has 0 saturated carbocycles. The van der Waals surface area contributed by atoms with E-state index in [1.54, 1.807) is 12.1 Å². The molecule has 4 aromatic rings. The first-order valence-electron chi connectivity index (χ1n) is 8.73. The predicted molar refractivity (Wildman–Crippen MR) is 106 cm³/mol. The second-order valence-electron chi connectivity index (χ2n) is 6.39. The summed E-state index contributed by atoms with van der Waals surface area (Å²) in [6.45, 7) is 1.97. The lowest BCUT2D eigenvalue weighted by Gasteiger charge is -2.17. The number of fused-ring (bicyclic) bond motifs is 1. The zero-order valence-corrected chi connectivity index (χ0v) is 14.7. The summed E-state index contributed by atoms with van der Waals surface area (Å²) in [6.07, 6.45) is 0. The van der Waals surface area contributed by atoms with Crippen LogP contribution in [0.3, 0.4) is 0 Å². The molecule has 5 heteroatoms. The van der Waals surface area contributed by atoms with Gasteiger partial charge >= 0.3 is 0 Å². The molecule has 0 radical (unpaired) electrons. The van der Waals surface area contributed by atoms with Crippen LogP contribution in [0.5, 0.6) is 0 Å². The molecule has 0 amide bonds. The van der Waals surface area contributed by atoms with Crippen molar-refractivity contribution in [2.75, 3.05) is 5.32 Å². The number of rotatable bonds is 4. The maximum atomic E-state index is 13.9. The Morgan fingerprint density at radius 2 is 1.70 bits per heavy atom. The number of nitrogens with one attached hydrogen (secondary N) is 2. The number of H-pyrrole nitrogens is 1. The molecule has 1 heterocycles. The third kappa shape index (κ3) is 3.31. The molecular formula is C22H18FN3O. The molecular weight excluding hydrogens is 341 g/mol. The molecule has 0 bridgehead atoms. The van der Waals surface area contributed by atoms with Gasteiger partial charge < -0.3 is 10.3 Å². The van der Waals surface area contributed by atoms with Crippen LogP contribution in [0.4, 0.5) is 15.8 Å². The van der Waals surface area contributed by atoms with Crippen LogP contribution in [0.15, 0.2) is 77.6 Å². The van der Waals surface area contributed by atoms with Crippen LogP contribution in [0, 0.1) is 5.82 Å². The van der Waals surface area contributed by atoms with E-state index in [1.807, 2.05) is 61.5 Å². The Bertz CT molecular complexity index is 1160. The van der Waals surface area contributed by atoms with Gasteiger partial charge in [0.1, 0.15) is 17.0 Å². The molecule has 4 nitrogen and oxygen atoms in total. The highest BCUT2D eigenvalue weighted by Gasteiger charge is 2.17. The smallest absolute Gasteiger partial charge is 0.261 e. The summed E-state index contributed by atoms with van der Waals surface area (Å²) in [6, 6.07) is 22.2. The Kier molecular flexibility index (Phi) is 4.42. The van der Waals surface area contributed by atoms with Crippen LogP contribution in [0.2, 0.25) is 0 Å². The number of para-hydroxylation sites is 2. The van der Waals surface area contributed by atoms with E-state index in [-0.39, 0.29) is 11.3 Å². The van der Waals surface area contributed by atoms with Crippen molar-refractivity contribution in [3.63, 3.8) is 0 Å². The molecule has 0 aliphatic heterocycles.